The van der Waals surface area contributed by atoms with Gasteiger partial charge in [-0.2, -0.15) is 5.10 Å². The molecule has 7 nitrogen and oxygen atoms in total. The molecule has 2 aromatic heterocycles. The van der Waals surface area contributed by atoms with Gasteiger partial charge in [-0.15, -0.1) is 10.2 Å². The molecular formula is C18H24N6O. The normalized spacial score (nSPS) is 24.7. The van der Waals surface area contributed by atoms with E-state index >= 15 is 0 Å². The molecule has 0 radical (unpaired) electrons. The van der Waals surface area contributed by atoms with Gasteiger partial charge in [0.2, 0.25) is 0 Å². The molecule has 2 aromatic rings. The predicted octanol–water partition coefficient (Wildman–Crippen LogP) is 2.06. The third kappa shape index (κ3) is 2.24. The molecule has 3 aliphatic rings. The summed E-state index contributed by atoms with van der Waals surface area (Å²) in [4.78, 5) is 15.0. The zero-order valence-corrected chi connectivity index (χ0v) is 14.9. The van der Waals surface area contributed by atoms with E-state index in [4.69, 9.17) is 0 Å². The molecule has 132 valence electrons. The Morgan fingerprint density at radius 2 is 2.12 bits per heavy atom. The van der Waals surface area contributed by atoms with Crippen LogP contribution in [0.4, 0.5) is 0 Å². The van der Waals surface area contributed by atoms with Gasteiger partial charge < -0.3 is 9.47 Å². The molecule has 2 saturated carbocycles. The van der Waals surface area contributed by atoms with E-state index in [1.807, 2.05) is 31.3 Å². The lowest BCUT2D eigenvalue weighted by atomic mass is 9.62. The molecule has 1 atom stereocenters. The fraction of sp³-hybridized carbons (Fsp3) is 0.667. The van der Waals surface area contributed by atoms with Crippen molar-refractivity contribution < 1.29 is 4.79 Å². The summed E-state index contributed by atoms with van der Waals surface area (Å²) in [6.07, 6.45) is 7.94. The highest BCUT2D eigenvalue weighted by molar-refractivity contribution is 5.92. The summed E-state index contributed by atoms with van der Waals surface area (Å²) < 4.78 is 4.03. The van der Waals surface area contributed by atoms with Crippen LogP contribution in [0.5, 0.6) is 0 Å². The summed E-state index contributed by atoms with van der Waals surface area (Å²) in [5, 5.41) is 13.0. The van der Waals surface area contributed by atoms with Crippen LogP contribution in [-0.4, -0.2) is 48.4 Å². The highest BCUT2D eigenvalue weighted by Gasteiger charge is 2.54. The Hall–Kier alpha value is -2.18. The van der Waals surface area contributed by atoms with Crippen LogP contribution in [0.1, 0.15) is 66.1 Å². The Morgan fingerprint density at radius 1 is 1.32 bits per heavy atom. The van der Waals surface area contributed by atoms with Gasteiger partial charge in [0.05, 0.1) is 0 Å². The Balaban J connectivity index is 1.45. The van der Waals surface area contributed by atoms with Gasteiger partial charge in [-0.25, -0.2) is 0 Å². The van der Waals surface area contributed by atoms with E-state index in [2.05, 4.69) is 19.9 Å². The highest BCUT2D eigenvalue weighted by Crippen LogP contribution is 2.56. The SMILES string of the molecule is Cc1cc(C(=O)N2CC(c3nncn3C3CC3)C3(CCC3)C2)nn1C. The molecule has 3 fully saturated rings. The lowest BCUT2D eigenvalue weighted by molar-refractivity contribution is 0.0717. The van der Waals surface area contributed by atoms with Crippen LogP contribution in [0.2, 0.25) is 0 Å². The Morgan fingerprint density at radius 3 is 2.72 bits per heavy atom. The molecule has 1 aliphatic heterocycles. The van der Waals surface area contributed by atoms with Crippen molar-refractivity contribution in [2.24, 2.45) is 12.5 Å². The van der Waals surface area contributed by atoms with Crippen LogP contribution in [0, 0.1) is 12.3 Å². The second kappa shape index (κ2) is 5.16. The van der Waals surface area contributed by atoms with Gasteiger partial charge in [0, 0.05) is 37.8 Å². The smallest absolute Gasteiger partial charge is 0.274 e. The fourth-order valence-electron chi connectivity index (χ4n) is 4.58. The number of likely N-dealkylation sites (tertiary alicyclic amines) is 1. The van der Waals surface area contributed by atoms with Crippen LogP contribution in [0.3, 0.4) is 0 Å². The molecule has 1 spiro atoms. The van der Waals surface area contributed by atoms with E-state index in [0.29, 0.717) is 17.7 Å². The number of rotatable bonds is 3. The molecule has 1 amide bonds. The van der Waals surface area contributed by atoms with Gasteiger partial charge in [0.25, 0.3) is 5.91 Å². The summed E-state index contributed by atoms with van der Waals surface area (Å²) in [6, 6.07) is 2.46. The van der Waals surface area contributed by atoms with Crippen LogP contribution in [0.15, 0.2) is 12.4 Å². The quantitative estimate of drug-likeness (QED) is 0.858. The van der Waals surface area contributed by atoms with Crippen LogP contribution < -0.4 is 0 Å². The van der Waals surface area contributed by atoms with Crippen molar-refractivity contribution in [1.29, 1.82) is 0 Å². The highest BCUT2D eigenvalue weighted by atomic mass is 16.2. The average molecular weight is 340 g/mol. The van der Waals surface area contributed by atoms with Crippen molar-refractivity contribution in [3.63, 3.8) is 0 Å². The van der Waals surface area contributed by atoms with Gasteiger partial charge in [-0.05, 0) is 44.1 Å². The molecule has 1 unspecified atom stereocenters. The first kappa shape index (κ1) is 15.1. The minimum absolute atomic E-state index is 0.0509. The number of amides is 1. The standard InChI is InChI=1S/C18H24N6O/c1-12-8-15(21-22(12)2)17(25)23-9-14(18(10-23)6-3-7-18)16-20-19-11-24(16)13-4-5-13/h8,11,13-14H,3-7,9-10H2,1-2H3. The van der Waals surface area contributed by atoms with E-state index < -0.39 is 0 Å². The Labute approximate surface area is 147 Å². The molecular weight excluding hydrogens is 316 g/mol. The van der Waals surface area contributed by atoms with E-state index in [-0.39, 0.29) is 11.3 Å². The van der Waals surface area contributed by atoms with Crippen LogP contribution in [-0.2, 0) is 7.05 Å². The molecule has 7 heteroatoms. The first-order chi connectivity index (χ1) is 12.1. The van der Waals surface area contributed by atoms with Gasteiger partial charge >= 0.3 is 0 Å². The molecule has 0 aromatic carbocycles. The minimum atomic E-state index is 0.0509. The van der Waals surface area contributed by atoms with E-state index in [1.54, 1.807) is 4.68 Å². The second-order valence-electron chi connectivity index (χ2n) is 8.08. The molecule has 0 bridgehead atoms. The summed E-state index contributed by atoms with van der Waals surface area (Å²) in [5.41, 5.74) is 1.75. The molecule has 5 rings (SSSR count). The van der Waals surface area contributed by atoms with Crippen molar-refractivity contribution in [2.75, 3.05) is 13.1 Å². The van der Waals surface area contributed by atoms with Gasteiger partial charge in [0.15, 0.2) is 5.69 Å². The topological polar surface area (TPSA) is 68.8 Å². The summed E-state index contributed by atoms with van der Waals surface area (Å²) in [6.45, 7) is 3.53. The number of hydrogen-bond donors (Lipinski definition) is 0. The van der Waals surface area contributed by atoms with Crippen molar-refractivity contribution in [2.45, 2.75) is 51.0 Å². The minimum Gasteiger partial charge on any atom is -0.336 e. The molecule has 2 aliphatic carbocycles. The van der Waals surface area contributed by atoms with Crippen molar-refractivity contribution >= 4 is 5.91 Å². The number of carbonyl (C=O) groups excluding carboxylic acids is 1. The van der Waals surface area contributed by atoms with E-state index in [0.717, 1.165) is 24.6 Å². The summed E-state index contributed by atoms with van der Waals surface area (Å²) in [5.74, 6) is 1.45. The third-order valence-electron chi connectivity index (χ3n) is 6.47. The number of nitrogens with zero attached hydrogens (tertiary/aromatic N) is 6. The number of aromatic nitrogens is 5. The molecule has 0 N–H and O–H groups in total. The summed E-state index contributed by atoms with van der Waals surface area (Å²) >= 11 is 0. The van der Waals surface area contributed by atoms with Crippen LogP contribution >= 0.6 is 0 Å². The van der Waals surface area contributed by atoms with Crippen molar-refractivity contribution in [3.05, 3.63) is 29.6 Å². The van der Waals surface area contributed by atoms with Gasteiger partial charge in [-0.1, -0.05) is 6.42 Å². The van der Waals surface area contributed by atoms with Crippen LogP contribution in [0.25, 0.3) is 0 Å². The number of aryl methyl sites for hydroxylation is 2. The third-order valence-corrected chi connectivity index (χ3v) is 6.47. The molecule has 1 saturated heterocycles. The molecule has 25 heavy (non-hydrogen) atoms. The van der Waals surface area contributed by atoms with Gasteiger partial charge in [0.1, 0.15) is 12.2 Å². The second-order valence-corrected chi connectivity index (χ2v) is 8.08. The first-order valence-electron chi connectivity index (χ1n) is 9.27. The number of hydrogen-bond acceptors (Lipinski definition) is 4. The Bertz CT molecular complexity index is 809. The average Bonchev–Trinajstić information content (AvgIpc) is 3.02. The maximum atomic E-state index is 13.0. The maximum Gasteiger partial charge on any atom is 0.274 e. The fourth-order valence-corrected chi connectivity index (χ4v) is 4.58. The maximum absolute atomic E-state index is 13.0. The zero-order valence-electron chi connectivity index (χ0n) is 14.9. The van der Waals surface area contributed by atoms with E-state index in [9.17, 15) is 4.79 Å². The van der Waals surface area contributed by atoms with Crippen molar-refractivity contribution in [1.82, 2.24) is 29.4 Å². The molecule has 3 heterocycles. The lowest BCUT2D eigenvalue weighted by Crippen LogP contribution is -2.38. The monoisotopic (exact) mass is 340 g/mol. The predicted molar refractivity (Wildman–Crippen MR) is 91.2 cm³/mol. The van der Waals surface area contributed by atoms with Gasteiger partial charge in [-0.3, -0.25) is 9.48 Å². The number of carbonyl (C=O) groups is 1. The van der Waals surface area contributed by atoms with Crippen molar-refractivity contribution in [3.8, 4) is 0 Å². The first-order valence-corrected chi connectivity index (χ1v) is 9.27. The lowest BCUT2D eigenvalue weighted by Gasteiger charge is -2.42. The zero-order chi connectivity index (χ0) is 17.2. The van der Waals surface area contributed by atoms with E-state index in [1.165, 1.54) is 32.1 Å². The summed E-state index contributed by atoms with van der Waals surface area (Å²) in [7, 11) is 1.88. The largest absolute Gasteiger partial charge is 0.336 e. The Kier molecular flexibility index (Phi) is 3.12.